The van der Waals surface area contributed by atoms with Crippen molar-refractivity contribution in [3.05, 3.63) is 24.3 Å². The van der Waals surface area contributed by atoms with E-state index < -0.39 is 0 Å². The van der Waals surface area contributed by atoms with Crippen molar-refractivity contribution in [2.75, 3.05) is 50.0 Å². The molecule has 1 aliphatic heterocycles. The van der Waals surface area contributed by atoms with Crippen molar-refractivity contribution in [2.45, 2.75) is 25.7 Å². The summed E-state index contributed by atoms with van der Waals surface area (Å²) in [6, 6.07) is 8.13. The van der Waals surface area contributed by atoms with Crippen LogP contribution in [0.1, 0.15) is 25.7 Å². The first kappa shape index (κ1) is 15.1. The Hall–Kier alpha value is -1.26. The quantitative estimate of drug-likeness (QED) is 0.591. The fourth-order valence-corrected chi connectivity index (χ4v) is 2.79. The van der Waals surface area contributed by atoms with Crippen LogP contribution < -0.4 is 10.6 Å². The molecule has 1 saturated heterocycles. The maximum absolute atomic E-state index is 8.75. The summed E-state index contributed by atoms with van der Waals surface area (Å²) in [6.45, 7) is 5.87. The van der Waals surface area contributed by atoms with Gasteiger partial charge in [0.05, 0.1) is 11.4 Å². The fraction of sp³-hybridized carbons (Fsp3) is 0.625. The number of piperazine rings is 1. The van der Waals surface area contributed by atoms with Crippen LogP contribution in [-0.2, 0) is 0 Å². The zero-order chi connectivity index (χ0) is 14.2. The van der Waals surface area contributed by atoms with E-state index >= 15 is 0 Å². The number of nitrogen functional groups attached to an aromatic ring is 1. The molecule has 112 valence electrons. The van der Waals surface area contributed by atoms with Gasteiger partial charge < -0.3 is 15.7 Å². The molecule has 4 heteroatoms. The zero-order valence-electron chi connectivity index (χ0n) is 12.3. The largest absolute Gasteiger partial charge is 0.397 e. The Kier molecular flexibility index (Phi) is 6.15. The van der Waals surface area contributed by atoms with Gasteiger partial charge in [0.2, 0.25) is 0 Å². The molecule has 3 N–H and O–H groups in total. The van der Waals surface area contributed by atoms with Crippen LogP contribution in [0.5, 0.6) is 0 Å². The van der Waals surface area contributed by atoms with Crippen LogP contribution in [-0.4, -0.2) is 49.3 Å². The van der Waals surface area contributed by atoms with Crippen LogP contribution in [0.25, 0.3) is 0 Å². The molecule has 0 aromatic heterocycles. The average molecular weight is 277 g/mol. The van der Waals surface area contributed by atoms with Crippen LogP contribution in [0.15, 0.2) is 24.3 Å². The number of aliphatic hydroxyl groups excluding tert-OH is 1. The van der Waals surface area contributed by atoms with Gasteiger partial charge in [-0.15, -0.1) is 0 Å². The third kappa shape index (κ3) is 4.39. The number of aliphatic hydroxyl groups is 1. The number of nitrogens with two attached hydrogens (primary N) is 1. The Balaban J connectivity index is 1.69. The molecule has 1 aliphatic rings. The maximum Gasteiger partial charge on any atom is 0.0600 e. The van der Waals surface area contributed by atoms with E-state index in [2.05, 4.69) is 21.9 Å². The molecule has 0 aliphatic carbocycles. The first-order valence-electron chi connectivity index (χ1n) is 7.74. The van der Waals surface area contributed by atoms with Crippen molar-refractivity contribution in [3.63, 3.8) is 0 Å². The van der Waals surface area contributed by atoms with Crippen LogP contribution in [0.2, 0.25) is 0 Å². The van der Waals surface area contributed by atoms with Crippen LogP contribution in [0.3, 0.4) is 0 Å². The van der Waals surface area contributed by atoms with E-state index in [-0.39, 0.29) is 0 Å². The molecule has 2 rings (SSSR count). The second kappa shape index (κ2) is 8.12. The van der Waals surface area contributed by atoms with Gasteiger partial charge in [-0.1, -0.05) is 25.0 Å². The summed E-state index contributed by atoms with van der Waals surface area (Å²) in [4.78, 5) is 4.92. The zero-order valence-corrected chi connectivity index (χ0v) is 12.3. The SMILES string of the molecule is Nc1ccccc1N1CCN(CCCCCCO)CC1. The van der Waals surface area contributed by atoms with Crippen LogP contribution in [0.4, 0.5) is 11.4 Å². The van der Waals surface area contributed by atoms with Crippen molar-refractivity contribution in [1.82, 2.24) is 4.90 Å². The molecular formula is C16H27N3O. The third-order valence-electron chi connectivity index (χ3n) is 4.03. The monoisotopic (exact) mass is 277 g/mol. The van der Waals surface area contributed by atoms with Gasteiger partial charge in [-0.25, -0.2) is 0 Å². The molecule has 0 unspecified atom stereocenters. The second-order valence-corrected chi connectivity index (χ2v) is 5.53. The number of hydrogen-bond acceptors (Lipinski definition) is 4. The summed E-state index contributed by atoms with van der Waals surface area (Å²) >= 11 is 0. The highest BCUT2D eigenvalue weighted by atomic mass is 16.2. The molecule has 0 bridgehead atoms. The molecule has 0 atom stereocenters. The third-order valence-corrected chi connectivity index (χ3v) is 4.03. The fourth-order valence-electron chi connectivity index (χ4n) is 2.79. The first-order chi connectivity index (χ1) is 9.81. The molecule has 1 aromatic carbocycles. The minimum absolute atomic E-state index is 0.331. The van der Waals surface area contributed by atoms with Gasteiger partial charge in [0, 0.05) is 32.8 Å². The highest BCUT2D eigenvalue weighted by Crippen LogP contribution is 2.23. The van der Waals surface area contributed by atoms with Gasteiger partial charge in [0.25, 0.3) is 0 Å². The second-order valence-electron chi connectivity index (χ2n) is 5.53. The van der Waals surface area contributed by atoms with Gasteiger partial charge in [0.15, 0.2) is 0 Å². The Morgan fingerprint density at radius 3 is 2.35 bits per heavy atom. The van der Waals surface area contributed by atoms with E-state index in [0.717, 1.165) is 44.7 Å². The Morgan fingerprint density at radius 1 is 0.950 bits per heavy atom. The molecule has 0 saturated carbocycles. The first-order valence-corrected chi connectivity index (χ1v) is 7.74. The summed E-state index contributed by atoms with van der Waals surface area (Å²) in [5.41, 5.74) is 8.09. The number of hydrogen-bond donors (Lipinski definition) is 2. The number of anilines is 2. The Morgan fingerprint density at radius 2 is 1.65 bits per heavy atom. The predicted molar refractivity (Wildman–Crippen MR) is 85.1 cm³/mol. The summed E-state index contributed by atoms with van der Waals surface area (Å²) < 4.78 is 0. The summed E-state index contributed by atoms with van der Waals surface area (Å²) in [5.74, 6) is 0. The molecule has 0 amide bonds. The van der Waals surface area contributed by atoms with Gasteiger partial charge in [-0.3, -0.25) is 4.90 Å². The number of unbranched alkanes of at least 4 members (excludes halogenated alkanes) is 3. The Bertz CT molecular complexity index is 389. The molecule has 20 heavy (non-hydrogen) atoms. The van der Waals surface area contributed by atoms with Gasteiger partial charge >= 0.3 is 0 Å². The van der Waals surface area contributed by atoms with Crippen molar-refractivity contribution < 1.29 is 5.11 Å². The average Bonchev–Trinajstić information content (AvgIpc) is 2.48. The summed E-state index contributed by atoms with van der Waals surface area (Å²) in [7, 11) is 0. The van der Waals surface area contributed by atoms with Gasteiger partial charge in [0.1, 0.15) is 0 Å². The smallest absolute Gasteiger partial charge is 0.0600 e. The molecule has 4 nitrogen and oxygen atoms in total. The van der Waals surface area contributed by atoms with E-state index in [1.807, 2.05) is 12.1 Å². The van der Waals surface area contributed by atoms with Crippen molar-refractivity contribution >= 4 is 11.4 Å². The number of rotatable bonds is 7. The lowest BCUT2D eigenvalue weighted by molar-refractivity contribution is 0.247. The summed E-state index contributed by atoms with van der Waals surface area (Å²) in [5, 5.41) is 8.75. The van der Waals surface area contributed by atoms with Gasteiger partial charge in [-0.05, 0) is 31.5 Å². The standard InChI is InChI=1S/C16H27N3O/c17-15-7-3-4-8-16(15)19-12-10-18(11-13-19)9-5-1-2-6-14-20/h3-4,7-8,20H,1-2,5-6,9-14,17H2. The van der Waals surface area contributed by atoms with E-state index in [1.54, 1.807) is 0 Å². The highest BCUT2D eigenvalue weighted by Gasteiger charge is 2.17. The van der Waals surface area contributed by atoms with E-state index in [4.69, 9.17) is 10.8 Å². The number of para-hydroxylation sites is 2. The predicted octanol–water partition coefficient (Wildman–Crippen LogP) is 1.94. The van der Waals surface area contributed by atoms with Crippen molar-refractivity contribution in [2.24, 2.45) is 0 Å². The minimum atomic E-state index is 0.331. The lowest BCUT2D eigenvalue weighted by Crippen LogP contribution is -2.46. The van der Waals surface area contributed by atoms with Crippen molar-refractivity contribution in [3.8, 4) is 0 Å². The topological polar surface area (TPSA) is 52.7 Å². The molecule has 1 aromatic rings. The van der Waals surface area contributed by atoms with Crippen molar-refractivity contribution in [1.29, 1.82) is 0 Å². The normalized spacial score (nSPS) is 16.6. The molecule has 0 spiro atoms. The molecule has 1 heterocycles. The molecule has 0 radical (unpaired) electrons. The Labute approximate surface area is 122 Å². The number of nitrogens with zero attached hydrogens (tertiary/aromatic N) is 2. The molecule has 1 fully saturated rings. The molecular weight excluding hydrogens is 250 g/mol. The van der Waals surface area contributed by atoms with Gasteiger partial charge in [-0.2, -0.15) is 0 Å². The lowest BCUT2D eigenvalue weighted by Gasteiger charge is -2.36. The highest BCUT2D eigenvalue weighted by molar-refractivity contribution is 5.67. The summed E-state index contributed by atoms with van der Waals surface area (Å²) in [6.07, 6.45) is 4.57. The van der Waals surface area contributed by atoms with E-state index in [9.17, 15) is 0 Å². The lowest BCUT2D eigenvalue weighted by atomic mass is 10.1. The maximum atomic E-state index is 8.75. The van der Waals surface area contributed by atoms with E-state index in [0.29, 0.717) is 6.61 Å². The van der Waals surface area contributed by atoms with Crippen LogP contribution in [0, 0.1) is 0 Å². The van der Waals surface area contributed by atoms with E-state index in [1.165, 1.54) is 25.1 Å². The minimum Gasteiger partial charge on any atom is -0.397 e. The number of benzene rings is 1. The van der Waals surface area contributed by atoms with Crippen LogP contribution >= 0.6 is 0 Å².